The Bertz CT molecular complexity index is 368. The van der Waals surface area contributed by atoms with Gasteiger partial charge in [0.15, 0.2) is 0 Å². The number of nitrogens with one attached hydrogen (secondary N) is 1. The molecule has 1 fully saturated rings. The minimum atomic E-state index is -4.42. The lowest BCUT2D eigenvalue weighted by Crippen LogP contribution is -2.36. The lowest BCUT2D eigenvalue weighted by molar-refractivity contribution is -0.138. The van der Waals surface area contributed by atoms with E-state index in [0.29, 0.717) is 13.0 Å². The zero-order valence-corrected chi connectivity index (χ0v) is 7.74. The Morgan fingerprint density at radius 3 is 2.40 bits per heavy atom. The molecule has 0 aromatic heterocycles. The summed E-state index contributed by atoms with van der Waals surface area (Å²) in [6, 6.07) is 2.23. The van der Waals surface area contributed by atoms with Gasteiger partial charge in [-0.25, -0.2) is 4.39 Å². The Kier molecular flexibility index (Phi) is 2.42. The van der Waals surface area contributed by atoms with Crippen molar-refractivity contribution in [1.82, 2.24) is 5.32 Å². The second-order valence-electron chi connectivity index (χ2n) is 3.52. The second kappa shape index (κ2) is 3.48. The van der Waals surface area contributed by atoms with Gasteiger partial charge in [-0.15, -0.1) is 0 Å². The average Bonchev–Trinajstić information content (AvgIpc) is 1.98. The first-order chi connectivity index (χ1) is 6.98. The van der Waals surface area contributed by atoms with Gasteiger partial charge in [-0.2, -0.15) is 13.2 Å². The van der Waals surface area contributed by atoms with E-state index in [9.17, 15) is 17.6 Å². The van der Waals surface area contributed by atoms with Crippen molar-refractivity contribution in [3.63, 3.8) is 0 Å². The molecular formula is C10H9F4N. The highest BCUT2D eigenvalue weighted by Crippen LogP contribution is 2.37. The van der Waals surface area contributed by atoms with Crippen molar-refractivity contribution in [2.24, 2.45) is 0 Å². The molecule has 0 aliphatic carbocycles. The summed E-state index contributed by atoms with van der Waals surface area (Å²) in [6.45, 7) is 0.679. The van der Waals surface area contributed by atoms with Gasteiger partial charge in [-0.1, -0.05) is 0 Å². The van der Waals surface area contributed by atoms with Crippen LogP contribution in [0.1, 0.15) is 23.6 Å². The van der Waals surface area contributed by atoms with E-state index in [1.54, 1.807) is 0 Å². The molecule has 1 aliphatic rings. The highest BCUT2D eigenvalue weighted by Gasteiger charge is 2.36. The first-order valence-electron chi connectivity index (χ1n) is 4.58. The SMILES string of the molecule is Fc1ccc(C(F)(F)F)c([C@@H]2CCN2)c1. The summed E-state index contributed by atoms with van der Waals surface area (Å²) in [5.41, 5.74) is -0.741. The molecule has 1 nitrogen and oxygen atoms in total. The normalized spacial score (nSPS) is 21.2. The van der Waals surface area contributed by atoms with E-state index in [1.807, 2.05) is 0 Å². The molecule has 1 saturated heterocycles. The summed E-state index contributed by atoms with van der Waals surface area (Å²) in [5.74, 6) is -0.633. The molecule has 82 valence electrons. The minimum absolute atomic E-state index is 0.00810. The molecular weight excluding hydrogens is 210 g/mol. The van der Waals surface area contributed by atoms with Gasteiger partial charge in [0.05, 0.1) is 5.56 Å². The maximum atomic E-state index is 12.9. The minimum Gasteiger partial charge on any atom is -0.310 e. The van der Waals surface area contributed by atoms with Crippen molar-refractivity contribution >= 4 is 0 Å². The topological polar surface area (TPSA) is 12.0 Å². The summed E-state index contributed by atoms with van der Waals surface area (Å²) < 4.78 is 50.5. The molecule has 1 N–H and O–H groups in total. The van der Waals surface area contributed by atoms with E-state index in [1.165, 1.54) is 0 Å². The fourth-order valence-corrected chi connectivity index (χ4v) is 1.63. The molecule has 1 heterocycles. The van der Waals surface area contributed by atoms with Crippen LogP contribution < -0.4 is 5.32 Å². The Hall–Kier alpha value is -1.10. The van der Waals surface area contributed by atoms with E-state index >= 15 is 0 Å². The number of hydrogen-bond acceptors (Lipinski definition) is 1. The fraction of sp³-hybridized carbons (Fsp3) is 0.400. The monoisotopic (exact) mass is 219 g/mol. The number of hydrogen-bond donors (Lipinski definition) is 1. The van der Waals surface area contributed by atoms with Crippen LogP contribution in [0.2, 0.25) is 0 Å². The molecule has 1 atom stereocenters. The molecule has 0 saturated carbocycles. The van der Waals surface area contributed by atoms with Crippen LogP contribution in [0.25, 0.3) is 0 Å². The van der Waals surface area contributed by atoms with Gasteiger partial charge in [-0.05, 0) is 36.7 Å². The van der Waals surface area contributed by atoms with Gasteiger partial charge in [0, 0.05) is 6.04 Å². The molecule has 0 spiro atoms. The highest BCUT2D eigenvalue weighted by atomic mass is 19.4. The summed E-state index contributed by atoms with van der Waals surface area (Å²) in [6.07, 6.45) is -3.80. The molecule has 0 unspecified atom stereocenters. The van der Waals surface area contributed by atoms with Gasteiger partial charge in [-0.3, -0.25) is 0 Å². The molecule has 1 aromatic carbocycles. The summed E-state index contributed by atoms with van der Waals surface area (Å²) in [5, 5.41) is 2.83. The summed E-state index contributed by atoms with van der Waals surface area (Å²) in [4.78, 5) is 0. The van der Waals surface area contributed by atoms with E-state index < -0.39 is 17.6 Å². The molecule has 1 aromatic rings. The van der Waals surface area contributed by atoms with Crippen LogP contribution in [0.3, 0.4) is 0 Å². The standard InChI is InChI=1S/C10H9F4N/c11-6-1-2-8(10(12,13)14)7(5-6)9-3-4-15-9/h1-2,5,9,15H,3-4H2/t9-/m0/s1. The van der Waals surface area contributed by atoms with Crippen molar-refractivity contribution in [2.75, 3.05) is 6.54 Å². The molecule has 5 heteroatoms. The predicted molar refractivity (Wildman–Crippen MR) is 46.8 cm³/mol. The van der Waals surface area contributed by atoms with Crippen LogP contribution in [0, 0.1) is 5.82 Å². The van der Waals surface area contributed by atoms with Gasteiger partial charge >= 0.3 is 6.18 Å². The fourth-order valence-electron chi connectivity index (χ4n) is 1.63. The lowest BCUT2D eigenvalue weighted by Gasteiger charge is -2.30. The smallest absolute Gasteiger partial charge is 0.310 e. The number of alkyl halides is 3. The number of rotatable bonds is 1. The molecule has 2 rings (SSSR count). The maximum absolute atomic E-state index is 12.9. The Labute approximate surface area is 84.1 Å². The van der Waals surface area contributed by atoms with Crippen LogP contribution in [0.15, 0.2) is 18.2 Å². The maximum Gasteiger partial charge on any atom is 0.416 e. The van der Waals surface area contributed by atoms with Gasteiger partial charge in [0.1, 0.15) is 5.82 Å². The van der Waals surface area contributed by atoms with E-state index in [-0.39, 0.29) is 11.6 Å². The third kappa shape index (κ3) is 1.97. The third-order valence-electron chi connectivity index (χ3n) is 2.52. The van der Waals surface area contributed by atoms with Crippen LogP contribution in [-0.4, -0.2) is 6.54 Å². The first kappa shape index (κ1) is 10.4. The lowest BCUT2D eigenvalue weighted by atomic mass is 9.93. The van der Waals surface area contributed by atoms with Gasteiger partial charge < -0.3 is 5.32 Å². The van der Waals surface area contributed by atoms with Crippen LogP contribution in [0.5, 0.6) is 0 Å². The largest absolute Gasteiger partial charge is 0.416 e. The van der Waals surface area contributed by atoms with Gasteiger partial charge in [0.25, 0.3) is 0 Å². The number of benzene rings is 1. The summed E-state index contributed by atoms with van der Waals surface area (Å²) in [7, 11) is 0. The molecule has 0 amide bonds. The zero-order valence-electron chi connectivity index (χ0n) is 7.74. The first-order valence-corrected chi connectivity index (χ1v) is 4.58. The molecule has 1 aliphatic heterocycles. The molecule has 15 heavy (non-hydrogen) atoms. The van der Waals surface area contributed by atoms with Crippen molar-refractivity contribution in [1.29, 1.82) is 0 Å². The Morgan fingerprint density at radius 2 is 1.93 bits per heavy atom. The molecule has 0 radical (unpaired) electrons. The Morgan fingerprint density at radius 1 is 1.27 bits per heavy atom. The van der Waals surface area contributed by atoms with Crippen molar-refractivity contribution in [3.8, 4) is 0 Å². The zero-order chi connectivity index (χ0) is 11.1. The second-order valence-corrected chi connectivity index (χ2v) is 3.52. The summed E-state index contributed by atoms with van der Waals surface area (Å²) >= 11 is 0. The number of halogens is 4. The van der Waals surface area contributed by atoms with Crippen molar-refractivity contribution < 1.29 is 17.6 Å². The van der Waals surface area contributed by atoms with Crippen molar-refractivity contribution in [3.05, 3.63) is 35.1 Å². The quantitative estimate of drug-likeness (QED) is 0.716. The van der Waals surface area contributed by atoms with E-state index in [0.717, 1.165) is 18.2 Å². The van der Waals surface area contributed by atoms with E-state index in [4.69, 9.17) is 0 Å². The highest BCUT2D eigenvalue weighted by molar-refractivity contribution is 5.34. The third-order valence-corrected chi connectivity index (χ3v) is 2.52. The van der Waals surface area contributed by atoms with Gasteiger partial charge in [0.2, 0.25) is 0 Å². The Balaban J connectivity index is 2.44. The van der Waals surface area contributed by atoms with Crippen LogP contribution >= 0.6 is 0 Å². The van der Waals surface area contributed by atoms with E-state index in [2.05, 4.69) is 5.32 Å². The predicted octanol–water partition coefficient (Wildman–Crippen LogP) is 2.88. The van der Waals surface area contributed by atoms with Crippen LogP contribution in [-0.2, 0) is 6.18 Å². The average molecular weight is 219 g/mol. The van der Waals surface area contributed by atoms with Crippen LogP contribution in [0.4, 0.5) is 17.6 Å². The molecule has 0 bridgehead atoms. The van der Waals surface area contributed by atoms with Crippen molar-refractivity contribution in [2.45, 2.75) is 18.6 Å².